The van der Waals surface area contributed by atoms with Crippen molar-refractivity contribution in [3.8, 4) is 0 Å². The van der Waals surface area contributed by atoms with E-state index in [1.807, 2.05) is 6.92 Å². The second-order valence-electron chi connectivity index (χ2n) is 3.78. The third kappa shape index (κ3) is 4.35. The topological polar surface area (TPSA) is 84.2 Å². The fourth-order valence-electron chi connectivity index (χ4n) is 1.38. The smallest absolute Gasteiger partial charge is 0.250 e. The summed E-state index contributed by atoms with van der Waals surface area (Å²) in [7, 11) is 0. The summed E-state index contributed by atoms with van der Waals surface area (Å²) >= 11 is 5.80. The minimum atomic E-state index is -0.625. The molecule has 0 fully saturated rings. The van der Waals surface area contributed by atoms with Gasteiger partial charge in [-0.1, -0.05) is 18.5 Å². The van der Waals surface area contributed by atoms with Crippen molar-refractivity contribution in [2.45, 2.75) is 13.3 Å². The van der Waals surface area contributed by atoms with Gasteiger partial charge in [0.2, 0.25) is 11.8 Å². The molecule has 4 N–H and O–H groups in total. The van der Waals surface area contributed by atoms with Gasteiger partial charge in [0, 0.05) is 5.69 Å². The quantitative estimate of drug-likeness (QED) is 0.682. The number of carbonyl (C=O) groups is 2. The molecule has 0 radical (unpaired) electrons. The fourth-order valence-corrected chi connectivity index (χ4v) is 1.59. The standard InChI is InChI=1S/C12H16ClN3O2/c1-2-5-15-7-11(17)16-8-3-4-10(13)9(6-8)12(14)18/h3-4,6,15H,2,5,7H2,1H3,(H2,14,18)(H,16,17). The highest BCUT2D eigenvalue weighted by atomic mass is 35.5. The Balaban J connectivity index is 2.65. The largest absolute Gasteiger partial charge is 0.366 e. The Morgan fingerprint density at radius 1 is 1.39 bits per heavy atom. The number of hydrogen-bond donors (Lipinski definition) is 3. The van der Waals surface area contributed by atoms with E-state index in [2.05, 4.69) is 10.6 Å². The van der Waals surface area contributed by atoms with E-state index in [0.717, 1.165) is 13.0 Å². The van der Waals surface area contributed by atoms with E-state index in [-0.39, 0.29) is 23.0 Å². The molecular formula is C12H16ClN3O2. The van der Waals surface area contributed by atoms with Crippen LogP contribution in [0, 0.1) is 0 Å². The van der Waals surface area contributed by atoms with Gasteiger partial charge in [0.15, 0.2) is 0 Å². The van der Waals surface area contributed by atoms with Crippen molar-refractivity contribution in [3.05, 3.63) is 28.8 Å². The Morgan fingerprint density at radius 3 is 2.72 bits per heavy atom. The van der Waals surface area contributed by atoms with Crippen LogP contribution in [-0.4, -0.2) is 24.9 Å². The van der Waals surface area contributed by atoms with Crippen LogP contribution in [0.2, 0.25) is 5.02 Å². The van der Waals surface area contributed by atoms with Crippen molar-refractivity contribution in [1.29, 1.82) is 0 Å². The average Bonchev–Trinajstić information content (AvgIpc) is 2.31. The highest BCUT2D eigenvalue weighted by molar-refractivity contribution is 6.33. The summed E-state index contributed by atoms with van der Waals surface area (Å²) in [5.74, 6) is -0.804. The predicted octanol–water partition coefficient (Wildman–Crippen LogP) is 1.38. The molecule has 0 unspecified atom stereocenters. The molecule has 0 heterocycles. The molecule has 98 valence electrons. The lowest BCUT2D eigenvalue weighted by Crippen LogP contribution is -2.28. The van der Waals surface area contributed by atoms with E-state index in [0.29, 0.717) is 5.69 Å². The summed E-state index contributed by atoms with van der Waals surface area (Å²) in [4.78, 5) is 22.6. The van der Waals surface area contributed by atoms with Crippen molar-refractivity contribution in [3.63, 3.8) is 0 Å². The van der Waals surface area contributed by atoms with E-state index in [4.69, 9.17) is 17.3 Å². The highest BCUT2D eigenvalue weighted by Crippen LogP contribution is 2.19. The third-order valence-corrected chi connectivity index (χ3v) is 2.56. The molecule has 1 aromatic carbocycles. The number of amides is 2. The van der Waals surface area contributed by atoms with Crippen LogP contribution in [0.5, 0.6) is 0 Å². The average molecular weight is 270 g/mol. The van der Waals surface area contributed by atoms with Gasteiger partial charge in [-0.05, 0) is 31.2 Å². The summed E-state index contributed by atoms with van der Waals surface area (Å²) in [5.41, 5.74) is 5.85. The van der Waals surface area contributed by atoms with Gasteiger partial charge in [0.05, 0.1) is 17.1 Å². The van der Waals surface area contributed by atoms with Crippen molar-refractivity contribution in [2.75, 3.05) is 18.4 Å². The first-order valence-corrected chi connectivity index (χ1v) is 6.02. The summed E-state index contributed by atoms with van der Waals surface area (Å²) in [6.45, 7) is 3.02. The number of hydrogen-bond acceptors (Lipinski definition) is 3. The molecule has 0 saturated heterocycles. The monoisotopic (exact) mass is 269 g/mol. The minimum absolute atomic E-state index is 0.179. The van der Waals surface area contributed by atoms with Gasteiger partial charge < -0.3 is 16.4 Å². The molecule has 0 aliphatic carbocycles. The van der Waals surface area contributed by atoms with E-state index in [1.54, 1.807) is 6.07 Å². The maximum atomic E-state index is 11.5. The number of carbonyl (C=O) groups excluding carboxylic acids is 2. The zero-order valence-corrected chi connectivity index (χ0v) is 10.9. The van der Waals surface area contributed by atoms with Crippen LogP contribution in [0.25, 0.3) is 0 Å². The molecule has 5 nitrogen and oxygen atoms in total. The molecule has 0 spiro atoms. The van der Waals surface area contributed by atoms with Gasteiger partial charge in [-0.2, -0.15) is 0 Å². The van der Waals surface area contributed by atoms with E-state index >= 15 is 0 Å². The number of anilines is 1. The molecule has 0 bridgehead atoms. The number of nitrogens with two attached hydrogens (primary N) is 1. The molecule has 1 aromatic rings. The number of rotatable bonds is 6. The first kappa shape index (κ1) is 14.5. The molecule has 0 aliphatic heterocycles. The van der Waals surface area contributed by atoms with Crippen LogP contribution >= 0.6 is 11.6 Å². The predicted molar refractivity (Wildman–Crippen MR) is 71.8 cm³/mol. The molecule has 1 rings (SSSR count). The zero-order chi connectivity index (χ0) is 13.5. The highest BCUT2D eigenvalue weighted by Gasteiger charge is 2.09. The Morgan fingerprint density at radius 2 is 2.11 bits per heavy atom. The van der Waals surface area contributed by atoms with Gasteiger partial charge in [-0.3, -0.25) is 9.59 Å². The van der Waals surface area contributed by atoms with Crippen LogP contribution in [0.1, 0.15) is 23.7 Å². The third-order valence-electron chi connectivity index (χ3n) is 2.23. The van der Waals surface area contributed by atoms with Crippen LogP contribution < -0.4 is 16.4 Å². The number of halogens is 1. The summed E-state index contributed by atoms with van der Waals surface area (Å²) in [6.07, 6.45) is 0.958. The van der Waals surface area contributed by atoms with Crippen molar-refractivity contribution in [1.82, 2.24) is 5.32 Å². The Bertz CT molecular complexity index is 449. The number of nitrogens with one attached hydrogen (secondary N) is 2. The Labute approximate surface area is 111 Å². The maximum Gasteiger partial charge on any atom is 0.250 e. The first-order valence-electron chi connectivity index (χ1n) is 5.64. The van der Waals surface area contributed by atoms with Gasteiger partial charge in [0.1, 0.15) is 0 Å². The van der Waals surface area contributed by atoms with Gasteiger partial charge in [-0.25, -0.2) is 0 Å². The molecule has 2 amide bonds. The number of benzene rings is 1. The second kappa shape index (κ2) is 6.98. The Hall–Kier alpha value is -1.59. The van der Waals surface area contributed by atoms with Gasteiger partial charge in [0.25, 0.3) is 0 Å². The van der Waals surface area contributed by atoms with E-state index < -0.39 is 5.91 Å². The van der Waals surface area contributed by atoms with Crippen LogP contribution in [0.4, 0.5) is 5.69 Å². The van der Waals surface area contributed by atoms with E-state index in [1.165, 1.54) is 12.1 Å². The summed E-state index contributed by atoms with van der Waals surface area (Å²) in [5, 5.41) is 5.90. The van der Waals surface area contributed by atoms with E-state index in [9.17, 15) is 9.59 Å². The molecule has 0 aliphatic rings. The summed E-state index contributed by atoms with van der Waals surface area (Å²) < 4.78 is 0. The Kier molecular flexibility index (Phi) is 5.61. The lowest BCUT2D eigenvalue weighted by atomic mass is 10.2. The van der Waals surface area contributed by atoms with Crippen LogP contribution in [0.3, 0.4) is 0 Å². The molecule has 0 atom stereocenters. The number of primary amides is 1. The maximum absolute atomic E-state index is 11.5. The van der Waals surface area contributed by atoms with Gasteiger partial charge >= 0.3 is 0 Å². The van der Waals surface area contributed by atoms with Crippen LogP contribution in [-0.2, 0) is 4.79 Å². The zero-order valence-electron chi connectivity index (χ0n) is 10.1. The van der Waals surface area contributed by atoms with Crippen molar-refractivity contribution < 1.29 is 9.59 Å². The molecule has 0 aromatic heterocycles. The lowest BCUT2D eigenvalue weighted by Gasteiger charge is -2.08. The lowest BCUT2D eigenvalue weighted by molar-refractivity contribution is -0.115. The minimum Gasteiger partial charge on any atom is -0.366 e. The molecule has 0 saturated carbocycles. The summed E-state index contributed by atoms with van der Waals surface area (Å²) in [6, 6.07) is 4.60. The SMILES string of the molecule is CCCNCC(=O)Nc1ccc(Cl)c(C(N)=O)c1. The van der Waals surface area contributed by atoms with Crippen molar-refractivity contribution >= 4 is 29.1 Å². The normalized spacial score (nSPS) is 10.1. The molecule has 18 heavy (non-hydrogen) atoms. The second-order valence-corrected chi connectivity index (χ2v) is 4.19. The fraction of sp³-hybridized carbons (Fsp3) is 0.333. The van der Waals surface area contributed by atoms with Gasteiger partial charge in [-0.15, -0.1) is 0 Å². The van der Waals surface area contributed by atoms with Crippen LogP contribution in [0.15, 0.2) is 18.2 Å². The molecular weight excluding hydrogens is 254 g/mol. The van der Waals surface area contributed by atoms with Crippen molar-refractivity contribution in [2.24, 2.45) is 5.73 Å². The first-order chi connectivity index (χ1) is 8.54. The molecule has 6 heteroatoms.